The van der Waals surface area contributed by atoms with Crippen LogP contribution in [0.1, 0.15) is 74.7 Å². The van der Waals surface area contributed by atoms with Gasteiger partial charge in [-0.2, -0.15) is 0 Å². The van der Waals surface area contributed by atoms with Crippen LogP contribution in [0.25, 0.3) is 5.69 Å². The van der Waals surface area contributed by atoms with E-state index in [9.17, 15) is 18.8 Å². The van der Waals surface area contributed by atoms with Crippen molar-refractivity contribution in [3.8, 4) is 5.69 Å². The molecule has 2 aromatic rings. The lowest BCUT2D eigenvalue weighted by Gasteiger charge is -2.40. The Morgan fingerprint density at radius 3 is 2.68 bits per heavy atom. The molecular weight excluding hydrogens is 463 g/mol. The molecule has 2 atom stereocenters. The molecule has 2 heterocycles. The van der Waals surface area contributed by atoms with Gasteiger partial charge in [-0.05, 0) is 37.8 Å². The highest BCUT2D eigenvalue weighted by Crippen LogP contribution is 2.25. The number of carbonyl (C=O) groups excluding carboxylic acids is 3. The van der Waals surface area contributed by atoms with E-state index in [1.165, 1.54) is 23.3 Å². The van der Waals surface area contributed by atoms with Crippen molar-refractivity contribution in [2.45, 2.75) is 76.3 Å². The van der Waals surface area contributed by atoms with E-state index in [1.807, 2.05) is 0 Å². The maximum atomic E-state index is 14.3. The van der Waals surface area contributed by atoms with Crippen LogP contribution in [-0.4, -0.2) is 49.8 Å². The van der Waals surface area contributed by atoms with Gasteiger partial charge in [0, 0.05) is 12.8 Å². The molecule has 182 valence electrons. The Morgan fingerprint density at radius 2 is 1.85 bits per heavy atom. The van der Waals surface area contributed by atoms with Crippen molar-refractivity contribution in [1.82, 2.24) is 30.7 Å². The van der Waals surface area contributed by atoms with Crippen molar-refractivity contribution >= 4 is 29.3 Å². The molecule has 1 saturated heterocycles. The molecule has 2 N–H and O–H groups in total. The number of aromatic nitrogens is 3. The summed E-state index contributed by atoms with van der Waals surface area (Å²) in [5, 5.41) is 12.1. The standard InChI is InChI=1S/C23H28ClFN6O3/c24-15-8-7-11-19(22(15)25)30-14-17(27-29-30)23(34)28-31-18-10-6-5-9-16(18)26-20(32)12-3-1-2-4-13-21(31)33/h7-8,11,14,16,18H,1-6,9-10,12-13H2,(H,26,32)(H,28,34)/t16-,18-/m0/s1. The number of hydrogen-bond acceptors (Lipinski definition) is 5. The molecule has 34 heavy (non-hydrogen) atoms. The van der Waals surface area contributed by atoms with Crippen molar-refractivity contribution in [2.75, 3.05) is 0 Å². The second-order valence-electron chi connectivity index (χ2n) is 8.77. The van der Waals surface area contributed by atoms with E-state index >= 15 is 0 Å². The molecule has 4 rings (SSSR count). The minimum absolute atomic E-state index is 0.0253. The van der Waals surface area contributed by atoms with Gasteiger partial charge >= 0.3 is 0 Å². The summed E-state index contributed by atoms with van der Waals surface area (Å²) >= 11 is 5.84. The molecule has 0 spiro atoms. The number of amides is 3. The lowest BCUT2D eigenvalue weighted by Crippen LogP contribution is -2.60. The highest BCUT2D eigenvalue weighted by molar-refractivity contribution is 6.30. The summed E-state index contributed by atoms with van der Waals surface area (Å²) in [4.78, 5) is 38.6. The van der Waals surface area contributed by atoms with E-state index in [1.54, 1.807) is 6.07 Å². The van der Waals surface area contributed by atoms with E-state index in [-0.39, 0.29) is 40.3 Å². The van der Waals surface area contributed by atoms with Crippen molar-refractivity contribution < 1.29 is 18.8 Å². The average Bonchev–Trinajstić information content (AvgIpc) is 3.31. The minimum Gasteiger partial charge on any atom is -0.351 e. The molecule has 3 amide bonds. The summed E-state index contributed by atoms with van der Waals surface area (Å²) in [7, 11) is 0. The van der Waals surface area contributed by atoms with Crippen molar-refractivity contribution in [3.63, 3.8) is 0 Å². The van der Waals surface area contributed by atoms with Gasteiger partial charge in [0.15, 0.2) is 11.5 Å². The third kappa shape index (κ3) is 5.55. The number of rotatable bonds is 3. The molecule has 2 fully saturated rings. The normalized spacial score (nSPS) is 22.2. The van der Waals surface area contributed by atoms with Gasteiger partial charge in [-0.25, -0.2) is 14.1 Å². The van der Waals surface area contributed by atoms with Gasteiger partial charge in [0.1, 0.15) is 5.69 Å². The molecule has 9 nitrogen and oxygen atoms in total. The first-order valence-corrected chi connectivity index (χ1v) is 12.1. The Bertz CT molecular complexity index is 1060. The van der Waals surface area contributed by atoms with E-state index in [0.717, 1.165) is 43.2 Å². The number of carbonyl (C=O) groups is 3. The monoisotopic (exact) mass is 490 g/mol. The van der Waals surface area contributed by atoms with Gasteiger partial charge < -0.3 is 5.32 Å². The first-order valence-electron chi connectivity index (χ1n) is 11.7. The maximum Gasteiger partial charge on any atom is 0.292 e. The number of nitrogens with one attached hydrogen (secondary N) is 2. The zero-order valence-corrected chi connectivity index (χ0v) is 19.6. The quantitative estimate of drug-likeness (QED) is 0.686. The van der Waals surface area contributed by atoms with Gasteiger partial charge in [-0.3, -0.25) is 19.8 Å². The van der Waals surface area contributed by atoms with E-state index in [0.29, 0.717) is 25.7 Å². The molecule has 1 aromatic heterocycles. The summed E-state index contributed by atoms with van der Waals surface area (Å²) in [6.07, 6.45) is 8.50. The van der Waals surface area contributed by atoms with Gasteiger partial charge in [0.25, 0.3) is 5.91 Å². The Balaban J connectivity index is 1.55. The highest BCUT2D eigenvalue weighted by Gasteiger charge is 2.35. The summed E-state index contributed by atoms with van der Waals surface area (Å²) < 4.78 is 15.5. The molecule has 1 saturated carbocycles. The van der Waals surface area contributed by atoms with Gasteiger partial charge in [0.05, 0.1) is 23.3 Å². The minimum atomic E-state index is -0.681. The summed E-state index contributed by atoms with van der Waals surface area (Å²) in [6.45, 7) is 0. The average molecular weight is 491 g/mol. The van der Waals surface area contributed by atoms with Crippen molar-refractivity contribution in [2.24, 2.45) is 0 Å². The van der Waals surface area contributed by atoms with Gasteiger partial charge in [-0.1, -0.05) is 48.6 Å². The fourth-order valence-corrected chi connectivity index (χ4v) is 4.72. The fourth-order valence-electron chi connectivity index (χ4n) is 4.56. The lowest BCUT2D eigenvalue weighted by atomic mass is 9.89. The van der Waals surface area contributed by atoms with E-state index in [4.69, 9.17) is 11.6 Å². The van der Waals surface area contributed by atoms with E-state index in [2.05, 4.69) is 21.1 Å². The number of hydrogen-bond donors (Lipinski definition) is 2. The first-order chi connectivity index (χ1) is 16.4. The van der Waals surface area contributed by atoms with Crippen LogP contribution in [0.5, 0.6) is 0 Å². The molecule has 1 aromatic carbocycles. The van der Waals surface area contributed by atoms with Crippen LogP contribution < -0.4 is 10.7 Å². The van der Waals surface area contributed by atoms with Crippen LogP contribution >= 0.6 is 11.6 Å². The SMILES string of the molecule is O=C1CCCCCCC(=O)N(NC(=O)c2cn(-c3cccc(Cl)c3F)nn2)[C@H]2CCCC[C@@H]2N1. The van der Waals surface area contributed by atoms with Gasteiger partial charge in [0.2, 0.25) is 11.8 Å². The molecule has 0 radical (unpaired) electrons. The molecule has 2 aliphatic rings. The zero-order chi connectivity index (χ0) is 24.1. The van der Waals surface area contributed by atoms with Crippen LogP contribution in [0.15, 0.2) is 24.4 Å². The molecule has 1 aliphatic carbocycles. The Morgan fingerprint density at radius 1 is 1.09 bits per heavy atom. The Hall–Kier alpha value is -3.01. The maximum absolute atomic E-state index is 14.3. The van der Waals surface area contributed by atoms with Crippen molar-refractivity contribution in [3.05, 3.63) is 40.9 Å². The molecule has 0 bridgehead atoms. The number of halogens is 2. The van der Waals surface area contributed by atoms with Gasteiger partial charge in [-0.15, -0.1) is 5.10 Å². The predicted molar refractivity (Wildman–Crippen MR) is 123 cm³/mol. The second-order valence-corrected chi connectivity index (χ2v) is 9.17. The largest absolute Gasteiger partial charge is 0.351 e. The number of hydrazine groups is 1. The number of benzene rings is 1. The van der Waals surface area contributed by atoms with Crippen LogP contribution in [0.2, 0.25) is 5.02 Å². The smallest absolute Gasteiger partial charge is 0.292 e. The molecule has 1 aliphatic heterocycles. The number of nitrogens with zero attached hydrogens (tertiary/aromatic N) is 4. The second kappa shape index (κ2) is 10.9. The fraction of sp³-hybridized carbons (Fsp3) is 0.522. The van der Waals surface area contributed by atoms with Crippen LogP contribution in [0.3, 0.4) is 0 Å². The Labute approximate surface area is 202 Å². The molecular formula is C23H28ClFN6O3. The van der Waals surface area contributed by atoms with E-state index < -0.39 is 11.7 Å². The third-order valence-electron chi connectivity index (χ3n) is 6.35. The van der Waals surface area contributed by atoms with Crippen LogP contribution in [-0.2, 0) is 9.59 Å². The zero-order valence-electron chi connectivity index (χ0n) is 18.8. The Kier molecular flexibility index (Phi) is 7.77. The third-order valence-corrected chi connectivity index (χ3v) is 6.64. The summed E-state index contributed by atoms with van der Waals surface area (Å²) in [5.74, 6) is -1.54. The molecule has 0 unspecified atom stereocenters. The first kappa shape index (κ1) is 24.1. The number of fused-ring (bicyclic) bond motifs is 1. The topological polar surface area (TPSA) is 109 Å². The summed E-state index contributed by atoms with van der Waals surface area (Å²) in [6, 6.07) is 3.85. The molecule has 11 heteroatoms. The highest BCUT2D eigenvalue weighted by atomic mass is 35.5. The van der Waals surface area contributed by atoms with Crippen molar-refractivity contribution in [1.29, 1.82) is 0 Å². The van der Waals surface area contributed by atoms with Crippen LogP contribution in [0.4, 0.5) is 4.39 Å². The predicted octanol–water partition coefficient (Wildman–Crippen LogP) is 3.31. The summed E-state index contributed by atoms with van der Waals surface area (Å²) in [5.41, 5.74) is 2.68. The lowest BCUT2D eigenvalue weighted by molar-refractivity contribution is -0.139. The van der Waals surface area contributed by atoms with Crippen LogP contribution in [0, 0.1) is 5.82 Å².